The van der Waals surface area contributed by atoms with E-state index in [1.54, 1.807) is 32.2 Å². The number of amides is 1. The largest absolute Gasteiger partial charge is 0.497 e. The van der Waals surface area contributed by atoms with Crippen molar-refractivity contribution in [2.75, 3.05) is 20.2 Å². The molecule has 1 saturated heterocycles. The normalized spacial score (nSPS) is 16.8. The highest BCUT2D eigenvalue weighted by molar-refractivity contribution is 5.97. The van der Waals surface area contributed by atoms with Crippen molar-refractivity contribution in [1.29, 1.82) is 0 Å². The molecule has 1 aliphatic rings. The van der Waals surface area contributed by atoms with Crippen LogP contribution in [-0.2, 0) is 4.79 Å². The van der Waals surface area contributed by atoms with Gasteiger partial charge in [-0.15, -0.1) is 0 Å². The highest BCUT2D eigenvalue weighted by atomic mass is 16.5. The average Bonchev–Trinajstić information content (AvgIpc) is 2.54. The molecule has 0 bridgehead atoms. The Balaban J connectivity index is 2.11. The second-order valence-corrected chi connectivity index (χ2v) is 6.19. The Hall–Kier alpha value is -2.04. The predicted molar refractivity (Wildman–Crippen MR) is 88.1 cm³/mol. The number of carbonyl (C=O) groups is 2. The average molecular weight is 319 g/mol. The molecule has 126 valence electrons. The first-order chi connectivity index (χ1) is 10.9. The van der Waals surface area contributed by atoms with Gasteiger partial charge in [0.25, 0.3) is 5.91 Å². The number of Topliss-reactive ketones (excluding diaryl/α,β-unsaturated/α-hetero) is 1. The van der Waals surface area contributed by atoms with Gasteiger partial charge in [-0.05, 0) is 44.7 Å². The zero-order chi connectivity index (χ0) is 17.0. The van der Waals surface area contributed by atoms with Crippen molar-refractivity contribution in [2.24, 2.45) is 5.92 Å². The van der Waals surface area contributed by atoms with Crippen LogP contribution in [0.2, 0.25) is 0 Å². The van der Waals surface area contributed by atoms with Gasteiger partial charge >= 0.3 is 0 Å². The van der Waals surface area contributed by atoms with Crippen molar-refractivity contribution in [2.45, 2.75) is 39.7 Å². The smallest absolute Gasteiger partial charge is 0.263 e. The van der Waals surface area contributed by atoms with Crippen LogP contribution < -0.4 is 9.47 Å². The fourth-order valence-electron chi connectivity index (χ4n) is 2.74. The number of hydrogen-bond donors (Lipinski definition) is 0. The SMILES string of the molecule is COc1ccc(C(C)=O)c(OC(C)C(=O)N2CCC(C)CC2)c1. The number of piperidine rings is 1. The Morgan fingerprint density at radius 2 is 1.91 bits per heavy atom. The molecule has 5 heteroatoms. The van der Waals surface area contributed by atoms with Gasteiger partial charge in [-0.1, -0.05) is 6.92 Å². The van der Waals surface area contributed by atoms with Gasteiger partial charge < -0.3 is 14.4 Å². The number of hydrogen-bond acceptors (Lipinski definition) is 4. The minimum Gasteiger partial charge on any atom is -0.497 e. The number of carbonyl (C=O) groups excluding carboxylic acids is 2. The van der Waals surface area contributed by atoms with Crippen LogP contribution in [0.15, 0.2) is 18.2 Å². The standard InChI is InChI=1S/C18H25NO4/c1-12-7-9-19(10-8-12)18(21)14(3)23-17-11-15(22-4)5-6-16(17)13(2)20/h5-6,11-12,14H,7-10H2,1-4H3. The number of benzene rings is 1. The van der Waals surface area contributed by atoms with Crippen LogP contribution in [0.5, 0.6) is 11.5 Å². The Bertz CT molecular complexity index is 576. The molecule has 1 aromatic rings. The second-order valence-electron chi connectivity index (χ2n) is 6.19. The van der Waals surface area contributed by atoms with Gasteiger partial charge in [0.2, 0.25) is 0 Å². The summed E-state index contributed by atoms with van der Waals surface area (Å²) in [6.45, 7) is 6.95. The van der Waals surface area contributed by atoms with E-state index in [4.69, 9.17) is 9.47 Å². The van der Waals surface area contributed by atoms with Gasteiger partial charge in [-0.3, -0.25) is 9.59 Å². The first-order valence-corrected chi connectivity index (χ1v) is 8.06. The summed E-state index contributed by atoms with van der Waals surface area (Å²) in [5.41, 5.74) is 0.456. The Morgan fingerprint density at radius 1 is 1.26 bits per heavy atom. The van der Waals surface area contributed by atoms with Crippen LogP contribution in [0.25, 0.3) is 0 Å². The lowest BCUT2D eigenvalue weighted by Crippen LogP contribution is -2.44. The van der Waals surface area contributed by atoms with Crippen LogP contribution >= 0.6 is 0 Å². The number of ether oxygens (including phenoxy) is 2. The lowest BCUT2D eigenvalue weighted by atomic mass is 9.99. The summed E-state index contributed by atoms with van der Waals surface area (Å²) >= 11 is 0. The van der Waals surface area contributed by atoms with Gasteiger partial charge in [0.15, 0.2) is 11.9 Å². The molecule has 0 N–H and O–H groups in total. The Morgan fingerprint density at radius 3 is 2.48 bits per heavy atom. The van der Waals surface area contributed by atoms with Crippen molar-refractivity contribution in [3.63, 3.8) is 0 Å². The van der Waals surface area contributed by atoms with Gasteiger partial charge in [0, 0.05) is 19.2 Å². The van der Waals surface area contributed by atoms with Gasteiger partial charge in [-0.25, -0.2) is 0 Å². The molecule has 1 heterocycles. The minimum absolute atomic E-state index is 0.0331. The summed E-state index contributed by atoms with van der Waals surface area (Å²) in [5.74, 6) is 1.51. The molecule has 1 atom stereocenters. The molecule has 0 aromatic heterocycles. The molecule has 0 aliphatic carbocycles. The number of nitrogens with zero attached hydrogens (tertiary/aromatic N) is 1. The Labute approximate surface area is 137 Å². The molecular formula is C18H25NO4. The van der Waals surface area contributed by atoms with Crippen LogP contribution in [0.1, 0.15) is 44.0 Å². The molecule has 1 amide bonds. The maximum Gasteiger partial charge on any atom is 0.263 e. The Kier molecular flexibility index (Phi) is 5.64. The molecule has 1 aromatic carbocycles. The monoisotopic (exact) mass is 319 g/mol. The van der Waals surface area contributed by atoms with E-state index >= 15 is 0 Å². The van der Waals surface area contributed by atoms with E-state index in [1.165, 1.54) is 6.92 Å². The van der Waals surface area contributed by atoms with Crippen molar-refractivity contribution >= 4 is 11.7 Å². The lowest BCUT2D eigenvalue weighted by Gasteiger charge is -2.32. The van der Waals surface area contributed by atoms with E-state index in [0.717, 1.165) is 25.9 Å². The fourth-order valence-corrected chi connectivity index (χ4v) is 2.74. The second kappa shape index (κ2) is 7.49. The van der Waals surface area contributed by atoms with E-state index in [2.05, 4.69) is 6.92 Å². The summed E-state index contributed by atoms with van der Waals surface area (Å²) in [6, 6.07) is 5.02. The van der Waals surface area contributed by atoms with Crippen molar-refractivity contribution in [3.05, 3.63) is 23.8 Å². The predicted octanol–water partition coefficient (Wildman–Crippen LogP) is 2.92. The van der Waals surface area contributed by atoms with Crippen LogP contribution in [-0.4, -0.2) is 42.9 Å². The maximum absolute atomic E-state index is 12.5. The summed E-state index contributed by atoms with van der Waals surface area (Å²) in [5, 5.41) is 0. The van der Waals surface area contributed by atoms with E-state index < -0.39 is 6.10 Å². The van der Waals surface area contributed by atoms with Crippen LogP contribution in [0.3, 0.4) is 0 Å². The summed E-state index contributed by atoms with van der Waals surface area (Å²) in [4.78, 5) is 26.1. The molecule has 5 nitrogen and oxygen atoms in total. The highest BCUT2D eigenvalue weighted by Gasteiger charge is 2.26. The van der Waals surface area contributed by atoms with E-state index in [-0.39, 0.29) is 11.7 Å². The highest BCUT2D eigenvalue weighted by Crippen LogP contribution is 2.27. The maximum atomic E-state index is 12.5. The third-order valence-electron chi connectivity index (χ3n) is 4.31. The lowest BCUT2D eigenvalue weighted by molar-refractivity contribution is -0.139. The van der Waals surface area contributed by atoms with E-state index in [1.807, 2.05) is 4.90 Å². The first-order valence-electron chi connectivity index (χ1n) is 8.06. The van der Waals surface area contributed by atoms with E-state index in [0.29, 0.717) is 23.0 Å². The molecule has 2 rings (SSSR count). The molecular weight excluding hydrogens is 294 g/mol. The zero-order valence-corrected chi connectivity index (χ0v) is 14.3. The third kappa shape index (κ3) is 4.24. The summed E-state index contributed by atoms with van der Waals surface area (Å²) < 4.78 is 11.0. The molecule has 1 unspecified atom stereocenters. The minimum atomic E-state index is -0.631. The molecule has 0 radical (unpaired) electrons. The van der Waals surface area contributed by atoms with Crippen LogP contribution in [0.4, 0.5) is 0 Å². The quantitative estimate of drug-likeness (QED) is 0.783. The number of methoxy groups -OCH3 is 1. The number of rotatable bonds is 5. The third-order valence-corrected chi connectivity index (χ3v) is 4.31. The molecule has 1 fully saturated rings. The van der Waals surface area contributed by atoms with Gasteiger partial charge in [0.1, 0.15) is 11.5 Å². The summed E-state index contributed by atoms with van der Waals surface area (Å²) in [6.07, 6.45) is 1.42. The summed E-state index contributed by atoms with van der Waals surface area (Å²) in [7, 11) is 1.55. The molecule has 0 saturated carbocycles. The van der Waals surface area contributed by atoms with Crippen molar-refractivity contribution in [1.82, 2.24) is 4.90 Å². The van der Waals surface area contributed by atoms with Gasteiger partial charge in [0.05, 0.1) is 12.7 Å². The molecule has 0 spiro atoms. The van der Waals surface area contributed by atoms with Gasteiger partial charge in [-0.2, -0.15) is 0 Å². The first kappa shape index (κ1) is 17.3. The van der Waals surface area contributed by atoms with Crippen molar-refractivity contribution < 1.29 is 19.1 Å². The zero-order valence-electron chi connectivity index (χ0n) is 14.3. The molecule has 1 aliphatic heterocycles. The number of ketones is 1. The number of likely N-dealkylation sites (tertiary alicyclic amines) is 1. The van der Waals surface area contributed by atoms with Crippen molar-refractivity contribution in [3.8, 4) is 11.5 Å². The van der Waals surface area contributed by atoms with Crippen LogP contribution in [0, 0.1) is 5.92 Å². The topological polar surface area (TPSA) is 55.8 Å². The van der Waals surface area contributed by atoms with E-state index in [9.17, 15) is 9.59 Å². The fraction of sp³-hybridized carbons (Fsp3) is 0.556. The molecule has 23 heavy (non-hydrogen) atoms.